The van der Waals surface area contributed by atoms with Gasteiger partial charge in [-0.1, -0.05) is 29.3 Å². The zero-order valence-corrected chi connectivity index (χ0v) is 21.5. The Morgan fingerprint density at radius 3 is 2.25 bits per heavy atom. The van der Waals surface area contributed by atoms with Crippen LogP contribution in [-0.2, 0) is 11.3 Å². The lowest BCUT2D eigenvalue weighted by Gasteiger charge is -2.35. The summed E-state index contributed by atoms with van der Waals surface area (Å²) in [5.41, 5.74) is 1.69. The fourth-order valence-electron chi connectivity index (χ4n) is 4.83. The minimum absolute atomic E-state index is 0.252. The zero-order valence-electron chi connectivity index (χ0n) is 20.0. The van der Waals surface area contributed by atoms with Gasteiger partial charge in [0.25, 0.3) is 17.8 Å². The van der Waals surface area contributed by atoms with E-state index in [1.165, 1.54) is 24.1 Å². The topological polar surface area (TPSA) is 62.5 Å². The average Bonchev–Trinajstić information content (AvgIpc) is 3.22. The quantitative estimate of drug-likeness (QED) is 0.556. The number of amides is 3. The van der Waals surface area contributed by atoms with Crippen molar-refractivity contribution in [1.82, 2.24) is 14.7 Å². The van der Waals surface area contributed by atoms with Crippen molar-refractivity contribution in [3.05, 3.63) is 63.9 Å². The van der Waals surface area contributed by atoms with E-state index in [4.69, 9.17) is 28.2 Å². The number of carbonyl (C=O) groups is 2. The molecule has 8 nitrogen and oxygen atoms in total. The summed E-state index contributed by atoms with van der Waals surface area (Å²) in [4.78, 5) is 37.6. The molecule has 1 unspecified atom stereocenters. The third kappa shape index (κ3) is 4.47. The number of benzene rings is 2. The zero-order chi connectivity index (χ0) is 25.6. The van der Waals surface area contributed by atoms with Crippen LogP contribution >= 0.6 is 23.2 Å². The summed E-state index contributed by atoms with van der Waals surface area (Å²) in [6.45, 7) is 3.85. The third-order valence-electron chi connectivity index (χ3n) is 6.93. The number of imide groups is 1. The van der Waals surface area contributed by atoms with Gasteiger partial charge >= 0.3 is 11.9 Å². The summed E-state index contributed by atoms with van der Waals surface area (Å²) in [5.74, 6) is 0.504. The molecule has 3 heterocycles. The van der Waals surface area contributed by atoms with Crippen molar-refractivity contribution in [1.29, 1.82) is 0 Å². The number of carbonyl (C=O) groups excluding carboxylic acids is 2. The number of halogens is 3. The van der Waals surface area contributed by atoms with Gasteiger partial charge in [-0.15, -0.1) is 0 Å². The Morgan fingerprint density at radius 1 is 0.972 bits per heavy atom. The van der Waals surface area contributed by atoms with Crippen LogP contribution in [0.3, 0.4) is 0 Å². The number of hydrogen-bond donors (Lipinski definition) is 0. The van der Waals surface area contributed by atoms with E-state index in [9.17, 15) is 14.0 Å². The second kappa shape index (κ2) is 9.80. The molecule has 0 aliphatic carbocycles. The number of piperazine rings is 1. The van der Waals surface area contributed by atoms with Crippen LogP contribution in [0.2, 0.25) is 10.0 Å². The predicted molar refractivity (Wildman–Crippen MR) is 138 cm³/mol. The first-order valence-electron chi connectivity index (χ1n) is 11.7. The number of amidine groups is 2. The molecule has 0 bridgehead atoms. The Kier molecular flexibility index (Phi) is 6.72. The molecule has 0 radical (unpaired) electrons. The van der Waals surface area contributed by atoms with Crippen LogP contribution in [-0.4, -0.2) is 95.7 Å². The summed E-state index contributed by atoms with van der Waals surface area (Å²) in [6, 6.07) is 10.7. The number of nitrogens with zero attached hydrogens (tertiary/aromatic N) is 6. The SMILES string of the molecule is CN1C(=O)C2C(=NC(CN3CCN(c4ccc(F)cc4)CC3)=[N+]2Cc2c(Cl)cccc2Cl)N(C)C1=O. The highest BCUT2D eigenvalue weighted by Gasteiger charge is 2.53. The predicted octanol–water partition coefficient (Wildman–Crippen LogP) is 3.17. The van der Waals surface area contributed by atoms with Gasteiger partial charge in [-0.25, -0.2) is 13.8 Å². The number of rotatable bonds is 5. The van der Waals surface area contributed by atoms with Gasteiger partial charge in [-0.05, 0) is 41.4 Å². The van der Waals surface area contributed by atoms with Crippen molar-refractivity contribution in [2.45, 2.75) is 12.6 Å². The molecule has 0 aromatic heterocycles. The summed E-state index contributed by atoms with van der Waals surface area (Å²) < 4.78 is 15.2. The number of likely N-dealkylation sites (N-methyl/N-ethyl adjacent to an activating group) is 2. The monoisotopic (exact) mass is 531 g/mol. The highest BCUT2D eigenvalue weighted by molar-refractivity contribution is 6.36. The third-order valence-corrected chi connectivity index (χ3v) is 7.64. The first-order valence-corrected chi connectivity index (χ1v) is 12.4. The van der Waals surface area contributed by atoms with Crippen LogP contribution in [0.4, 0.5) is 14.9 Å². The van der Waals surface area contributed by atoms with E-state index in [0.29, 0.717) is 33.8 Å². The van der Waals surface area contributed by atoms with Crippen molar-refractivity contribution in [2.75, 3.05) is 51.7 Å². The highest BCUT2D eigenvalue weighted by atomic mass is 35.5. The number of fused-ring (bicyclic) bond motifs is 1. The Bertz CT molecular complexity index is 1250. The number of aliphatic imine (C=N–C) groups is 1. The van der Waals surface area contributed by atoms with Crippen LogP contribution in [0.15, 0.2) is 47.5 Å². The molecule has 0 spiro atoms. The fraction of sp³-hybridized carbons (Fsp3) is 0.360. The minimum atomic E-state index is -0.736. The van der Waals surface area contributed by atoms with Crippen LogP contribution in [0.5, 0.6) is 0 Å². The molecule has 3 aliphatic heterocycles. The van der Waals surface area contributed by atoms with E-state index in [2.05, 4.69) is 9.80 Å². The lowest BCUT2D eigenvalue weighted by molar-refractivity contribution is -0.552. The van der Waals surface area contributed by atoms with Crippen LogP contribution in [0, 0.1) is 5.82 Å². The van der Waals surface area contributed by atoms with Gasteiger partial charge < -0.3 is 4.90 Å². The van der Waals surface area contributed by atoms with Crippen molar-refractivity contribution >= 4 is 52.5 Å². The number of urea groups is 1. The summed E-state index contributed by atoms with van der Waals surface area (Å²) in [7, 11) is 3.10. The van der Waals surface area contributed by atoms with E-state index in [-0.39, 0.29) is 18.3 Å². The van der Waals surface area contributed by atoms with Gasteiger partial charge in [-0.2, -0.15) is 0 Å². The smallest absolute Gasteiger partial charge is 0.333 e. The highest BCUT2D eigenvalue weighted by Crippen LogP contribution is 2.28. The molecule has 5 rings (SSSR count). The van der Waals surface area contributed by atoms with Crippen molar-refractivity contribution in [3.8, 4) is 0 Å². The molecule has 11 heteroatoms. The van der Waals surface area contributed by atoms with Crippen LogP contribution in [0.1, 0.15) is 5.56 Å². The van der Waals surface area contributed by atoms with Crippen molar-refractivity contribution in [2.24, 2.45) is 4.99 Å². The lowest BCUT2D eigenvalue weighted by Crippen LogP contribution is -2.61. The first kappa shape index (κ1) is 24.7. The van der Waals surface area contributed by atoms with Gasteiger partial charge in [0.2, 0.25) is 0 Å². The minimum Gasteiger partial charge on any atom is -0.369 e. The normalized spacial score (nSPS) is 20.9. The number of hydrogen-bond acceptors (Lipinski definition) is 5. The van der Waals surface area contributed by atoms with Gasteiger partial charge in [0.1, 0.15) is 18.9 Å². The standard InChI is InChI=1S/C25H26Cl2FN6O2/c1-30-23-22(24(35)31(2)25(30)36)34(14-18-19(26)4-3-5-20(18)27)21(29-23)15-32-10-12-33(13-11-32)17-8-6-16(28)7-9-17/h3-9,22H,10-15H2,1-2H3/q+1. The molecule has 2 aromatic carbocycles. The van der Waals surface area contributed by atoms with E-state index in [1.54, 1.807) is 37.4 Å². The molecule has 2 fully saturated rings. The maximum absolute atomic E-state index is 13.3. The Labute approximate surface area is 218 Å². The molecule has 2 aromatic rings. The van der Waals surface area contributed by atoms with Crippen molar-refractivity contribution < 1.29 is 18.6 Å². The van der Waals surface area contributed by atoms with E-state index < -0.39 is 12.1 Å². The average molecular weight is 532 g/mol. The van der Waals surface area contributed by atoms with Gasteiger partial charge in [0, 0.05) is 61.6 Å². The second-order valence-corrected chi connectivity index (χ2v) is 9.91. The lowest BCUT2D eigenvalue weighted by atomic mass is 10.1. The van der Waals surface area contributed by atoms with Gasteiger partial charge in [0.05, 0.1) is 0 Å². The molecule has 36 heavy (non-hydrogen) atoms. The fourth-order valence-corrected chi connectivity index (χ4v) is 5.34. The molecule has 3 amide bonds. The number of anilines is 1. The molecular formula is C25H26Cl2FN6O2+. The maximum Gasteiger partial charge on any atom is 0.333 e. The Balaban J connectivity index is 1.41. The van der Waals surface area contributed by atoms with E-state index in [1.807, 2.05) is 4.58 Å². The van der Waals surface area contributed by atoms with Crippen molar-refractivity contribution in [3.63, 3.8) is 0 Å². The van der Waals surface area contributed by atoms with Crippen LogP contribution in [0.25, 0.3) is 0 Å². The van der Waals surface area contributed by atoms with Gasteiger partial charge in [-0.3, -0.25) is 19.5 Å². The molecule has 2 saturated heterocycles. The van der Waals surface area contributed by atoms with E-state index >= 15 is 0 Å². The second-order valence-electron chi connectivity index (χ2n) is 9.10. The largest absolute Gasteiger partial charge is 0.369 e. The summed E-state index contributed by atoms with van der Waals surface area (Å²) >= 11 is 12.9. The van der Waals surface area contributed by atoms with E-state index in [0.717, 1.165) is 36.8 Å². The molecule has 3 aliphatic rings. The first-order chi connectivity index (χ1) is 17.2. The van der Waals surface area contributed by atoms with Gasteiger partial charge in [0.15, 0.2) is 0 Å². The molecule has 0 saturated carbocycles. The maximum atomic E-state index is 13.3. The molecule has 188 valence electrons. The molecule has 0 N–H and O–H groups in total. The Morgan fingerprint density at radius 2 is 1.61 bits per heavy atom. The summed E-state index contributed by atoms with van der Waals surface area (Å²) in [5, 5.41) is 1.01. The van der Waals surface area contributed by atoms with Crippen LogP contribution < -0.4 is 4.90 Å². The molecular weight excluding hydrogens is 506 g/mol. The molecule has 1 atom stereocenters. The Hall–Kier alpha value is -3.01. The summed E-state index contributed by atoms with van der Waals surface area (Å²) in [6.07, 6.45) is 0.